The van der Waals surface area contributed by atoms with Crippen molar-refractivity contribution in [3.05, 3.63) is 109 Å². The number of nitrogens with zero attached hydrogens (tertiary/aromatic N) is 1. The Balaban J connectivity index is 3.94. The van der Waals surface area contributed by atoms with Gasteiger partial charge in [0.25, 0.3) is 6.29 Å². The van der Waals surface area contributed by atoms with Crippen LogP contribution in [-0.2, 0) is 33.3 Å². The summed E-state index contributed by atoms with van der Waals surface area (Å²) in [6.07, 6.45) is 113. The SMILES string of the molecule is CC/C=C\C/C=C\C/C=C\C/C=C\C/C=C\CCCCCCCCCCCCCCCCCCCCCCCCCC(=O)OC(COC(=O)CCCCCCCCCCCCCCCCCCCCCCCCCC/C=C\C/C=C\C/C=C\C/C=C\CC)COC(OCC[N+](C)(C)C)C(=O)O. The lowest BCUT2D eigenvalue weighted by molar-refractivity contribution is -0.870. The second kappa shape index (κ2) is 81.6. The number of unbranched alkanes of at least 4 members (excludes halogenated alkanes) is 47. The molecule has 0 radical (unpaired) electrons. The Morgan fingerprint density at radius 3 is 0.792 bits per heavy atom. The molecule has 0 saturated heterocycles. The van der Waals surface area contributed by atoms with Crippen LogP contribution in [0.5, 0.6) is 0 Å². The zero-order valence-electron chi connectivity index (χ0n) is 67.1. The van der Waals surface area contributed by atoms with E-state index in [1.54, 1.807) is 0 Å². The molecule has 0 aromatic rings. The van der Waals surface area contributed by atoms with Gasteiger partial charge in [-0.25, -0.2) is 4.79 Å². The van der Waals surface area contributed by atoms with Crippen LogP contribution in [-0.4, -0.2) is 87.4 Å². The number of hydrogen-bond donors (Lipinski definition) is 1. The molecule has 2 atom stereocenters. The van der Waals surface area contributed by atoms with E-state index >= 15 is 0 Å². The van der Waals surface area contributed by atoms with E-state index in [1.165, 1.54) is 276 Å². The molecule has 101 heavy (non-hydrogen) atoms. The van der Waals surface area contributed by atoms with Crippen molar-refractivity contribution in [3.8, 4) is 0 Å². The second-order valence-electron chi connectivity index (χ2n) is 30.1. The Morgan fingerprint density at radius 1 is 0.297 bits per heavy atom. The van der Waals surface area contributed by atoms with Gasteiger partial charge in [-0.1, -0.05) is 399 Å². The van der Waals surface area contributed by atoms with E-state index in [0.717, 1.165) is 96.3 Å². The molecule has 0 aliphatic heterocycles. The van der Waals surface area contributed by atoms with Gasteiger partial charge in [-0.05, 0) is 96.3 Å². The minimum Gasteiger partial charge on any atom is -0.477 e. The monoisotopic (exact) mass is 1410 g/mol. The highest BCUT2D eigenvalue weighted by atomic mass is 16.7. The number of ether oxygens (including phenoxy) is 4. The first-order chi connectivity index (χ1) is 49.6. The van der Waals surface area contributed by atoms with Crippen molar-refractivity contribution in [1.29, 1.82) is 0 Å². The van der Waals surface area contributed by atoms with Crippen molar-refractivity contribution in [1.82, 2.24) is 0 Å². The van der Waals surface area contributed by atoms with Crippen molar-refractivity contribution in [2.45, 2.75) is 411 Å². The maximum Gasteiger partial charge on any atom is 0.361 e. The molecule has 0 amide bonds. The third kappa shape index (κ3) is 83.1. The van der Waals surface area contributed by atoms with Gasteiger partial charge in [0.05, 0.1) is 34.4 Å². The summed E-state index contributed by atoms with van der Waals surface area (Å²) in [6.45, 7) is 4.71. The number of allylic oxidation sites excluding steroid dienone is 18. The third-order valence-electron chi connectivity index (χ3n) is 19.0. The molecule has 0 rings (SSSR count). The van der Waals surface area contributed by atoms with E-state index < -0.39 is 18.4 Å². The highest BCUT2D eigenvalue weighted by molar-refractivity contribution is 5.71. The second-order valence-corrected chi connectivity index (χ2v) is 30.1. The summed E-state index contributed by atoms with van der Waals surface area (Å²) in [5, 5.41) is 9.79. The van der Waals surface area contributed by atoms with E-state index in [4.69, 9.17) is 18.9 Å². The minimum absolute atomic E-state index is 0.179. The summed E-state index contributed by atoms with van der Waals surface area (Å²) in [5.74, 6) is -1.98. The van der Waals surface area contributed by atoms with Crippen molar-refractivity contribution in [2.75, 3.05) is 47.5 Å². The molecule has 0 aliphatic carbocycles. The molecule has 0 bridgehead atoms. The van der Waals surface area contributed by atoms with E-state index in [2.05, 4.69) is 123 Å². The molecule has 0 saturated carbocycles. The highest BCUT2D eigenvalue weighted by Crippen LogP contribution is 2.20. The predicted molar refractivity (Wildman–Crippen MR) is 438 cm³/mol. The van der Waals surface area contributed by atoms with Gasteiger partial charge in [-0.3, -0.25) is 9.59 Å². The fraction of sp³-hybridized carbons (Fsp3) is 0.772. The zero-order valence-corrected chi connectivity index (χ0v) is 67.1. The molecule has 9 heteroatoms. The smallest absolute Gasteiger partial charge is 0.361 e. The normalized spacial score (nSPS) is 13.2. The van der Waals surface area contributed by atoms with Gasteiger partial charge in [0.2, 0.25) is 0 Å². The first-order valence-corrected chi connectivity index (χ1v) is 43.1. The van der Waals surface area contributed by atoms with Gasteiger partial charge >= 0.3 is 17.9 Å². The fourth-order valence-corrected chi connectivity index (χ4v) is 12.6. The van der Waals surface area contributed by atoms with Crippen LogP contribution in [0.15, 0.2) is 109 Å². The summed E-state index contributed by atoms with van der Waals surface area (Å²) in [4.78, 5) is 37.8. The lowest BCUT2D eigenvalue weighted by Gasteiger charge is -2.25. The standard InChI is InChI=1S/C92H163NO8/c1-6-8-10-12-14-16-18-20-22-24-26-28-30-32-34-36-38-40-42-44-45-47-49-51-53-55-57-59-61-63-65-67-69-71-73-75-77-79-81-83-90(95)101-88(87-100-92(91(96)97)98-85-84-93(3,4)5)86-99-89(94)82-80-78-76-74-72-70-68-66-64-62-60-58-56-54-52-50-48-46-43-41-39-37-35-33-31-29-27-25-23-21-19-17-15-13-11-9-7-2/h8-11,14-17,20-23,26-29,32,34,88,92H,6-7,12-13,18-19,24-25,30-31,33,35-87H2,1-5H3/p+1/b10-8-,11-9-,16-14-,17-15-,22-20-,23-21-,28-26-,29-27-,34-32-. The van der Waals surface area contributed by atoms with Crippen molar-refractivity contribution in [2.24, 2.45) is 0 Å². The predicted octanol–water partition coefficient (Wildman–Crippen LogP) is 28.0. The molecular formula is C92H164NO8+. The maximum atomic E-state index is 13.0. The van der Waals surface area contributed by atoms with Gasteiger partial charge in [-0.2, -0.15) is 0 Å². The van der Waals surface area contributed by atoms with Crippen LogP contribution in [0, 0.1) is 0 Å². The summed E-state index contributed by atoms with van der Waals surface area (Å²) in [6, 6.07) is 0. The Morgan fingerprint density at radius 2 is 0.535 bits per heavy atom. The summed E-state index contributed by atoms with van der Waals surface area (Å²) >= 11 is 0. The summed E-state index contributed by atoms with van der Waals surface area (Å²) in [5.41, 5.74) is 0. The van der Waals surface area contributed by atoms with Crippen molar-refractivity contribution < 1.29 is 42.9 Å². The number of hydrogen-bond acceptors (Lipinski definition) is 7. The molecule has 0 aliphatic rings. The first kappa shape index (κ1) is 97.0. The van der Waals surface area contributed by atoms with Crippen LogP contribution in [0.4, 0.5) is 0 Å². The molecule has 0 spiro atoms. The van der Waals surface area contributed by atoms with Crippen molar-refractivity contribution >= 4 is 17.9 Å². The van der Waals surface area contributed by atoms with Gasteiger partial charge in [0.15, 0.2) is 6.10 Å². The Kier molecular flexibility index (Phi) is 78.3. The molecule has 0 aromatic heterocycles. The van der Waals surface area contributed by atoms with E-state index in [-0.39, 0.29) is 38.2 Å². The van der Waals surface area contributed by atoms with Crippen molar-refractivity contribution in [3.63, 3.8) is 0 Å². The highest BCUT2D eigenvalue weighted by Gasteiger charge is 2.25. The van der Waals surface area contributed by atoms with E-state index in [0.29, 0.717) is 17.4 Å². The van der Waals surface area contributed by atoms with Crippen LogP contribution in [0.3, 0.4) is 0 Å². The van der Waals surface area contributed by atoms with Gasteiger partial charge in [0.1, 0.15) is 13.2 Å². The lowest BCUT2D eigenvalue weighted by Crippen LogP contribution is -2.40. The molecule has 0 heterocycles. The summed E-state index contributed by atoms with van der Waals surface area (Å²) < 4.78 is 23.1. The number of carboxylic acids is 1. The van der Waals surface area contributed by atoms with Crippen LogP contribution < -0.4 is 0 Å². The molecule has 0 fully saturated rings. The van der Waals surface area contributed by atoms with Crippen LogP contribution in [0.2, 0.25) is 0 Å². The van der Waals surface area contributed by atoms with Crippen LogP contribution >= 0.6 is 0 Å². The number of quaternary nitrogens is 1. The van der Waals surface area contributed by atoms with Gasteiger partial charge in [0, 0.05) is 12.8 Å². The Hall–Kier alpha value is -4.05. The van der Waals surface area contributed by atoms with Crippen LogP contribution in [0.1, 0.15) is 399 Å². The number of carbonyl (C=O) groups is 3. The van der Waals surface area contributed by atoms with E-state index in [1.807, 2.05) is 21.1 Å². The maximum absolute atomic E-state index is 13.0. The molecule has 1 N–H and O–H groups in total. The quantitative estimate of drug-likeness (QED) is 0.0211. The number of carboxylic acid groups (broad SMARTS) is 1. The lowest BCUT2D eigenvalue weighted by atomic mass is 10.0. The third-order valence-corrected chi connectivity index (χ3v) is 19.0. The molecule has 9 nitrogen and oxygen atoms in total. The molecule has 0 aromatic carbocycles. The van der Waals surface area contributed by atoms with Gasteiger partial charge < -0.3 is 28.5 Å². The van der Waals surface area contributed by atoms with E-state index in [9.17, 15) is 19.5 Å². The average Bonchev–Trinajstić information content (AvgIpc) is 1.21. The number of likely N-dealkylation sites (N-methyl/N-ethyl adjacent to an activating group) is 1. The molecule has 2 unspecified atom stereocenters. The number of esters is 2. The largest absolute Gasteiger partial charge is 0.477 e. The average molecular weight is 1410 g/mol. The van der Waals surface area contributed by atoms with Crippen LogP contribution in [0.25, 0.3) is 0 Å². The minimum atomic E-state index is -1.51. The Bertz CT molecular complexity index is 2040. The Labute approximate surface area is 625 Å². The number of aliphatic carboxylic acids is 1. The summed E-state index contributed by atoms with van der Waals surface area (Å²) in [7, 11) is 6.00. The first-order valence-electron chi connectivity index (χ1n) is 43.1. The topological polar surface area (TPSA) is 108 Å². The van der Waals surface area contributed by atoms with Gasteiger partial charge in [-0.15, -0.1) is 0 Å². The number of carbonyl (C=O) groups excluding carboxylic acids is 2. The zero-order chi connectivity index (χ0) is 73.2. The molecular weight excluding hydrogens is 1250 g/mol. The molecule has 584 valence electrons. The fourth-order valence-electron chi connectivity index (χ4n) is 12.6. The number of rotatable bonds is 80.